The largest absolute Gasteiger partial charge is 0.454 e. The van der Waals surface area contributed by atoms with Crippen molar-refractivity contribution in [2.24, 2.45) is 0 Å². The van der Waals surface area contributed by atoms with Gasteiger partial charge in [0.05, 0.1) is 29.3 Å². The van der Waals surface area contributed by atoms with Crippen LogP contribution in [0, 0.1) is 0 Å². The van der Waals surface area contributed by atoms with Gasteiger partial charge in [-0.2, -0.15) is 4.98 Å². The highest BCUT2D eigenvalue weighted by Crippen LogP contribution is 2.35. The van der Waals surface area contributed by atoms with Crippen molar-refractivity contribution in [3.63, 3.8) is 0 Å². The zero-order valence-electron chi connectivity index (χ0n) is 17.6. The van der Waals surface area contributed by atoms with Crippen LogP contribution in [0.25, 0.3) is 22.3 Å². The number of hydrogen-bond acceptors (Lipinski definition) is 9. The van der Waals surface area contributed by atoms with Gasteiger partial charge in [0.25, 0.3) is 5.56 Å². The molecule has 1 fully saturated rings. The Morgan fingerprint density at radius 2 is 1.94 bits per heavy atom. The maximum atomic E-state index is 13.4. The molecular weight excluding hydrogens is 444 g/mol. The topological polar surface area (TPSA) is 102 Å². The van der Waals surface area contributed by atoms with Crippen molar-refractivity contribution in [1.29, 1.82) is 0 Å². The first-order chi connectivity index (χ1) is 16.2. The Bertz CT molecular complexity index is 1360. The van der Waals surface area contributed by atoms with Crippen LogP contribution in [-0.2, 0) is 17.0 Å². The van der Waals surface area contributed by atoms with Crippen LogP contribution in [0.1, 0.15) is 18.7 Å². The van der Waals surface area contributed by atoms with Gasteiger partial charge in [0.1, 0.15) is 0 Å². The van der Waals surface area contributed by atoms with E-state index in [1.54, 1.807) is 16.7 Å². The van der Waals surface area contributed by atoms with Crippen LogP contribution in [0.2, 0.25) is 0 Å². The Hall–Kier alpha value is -3.37. The molecule has 9 nitrogen and oxygen atoms in total. The van der Waals surface area contributed by atoms with Gasteiger partial charge in [-0.25, -0.2) is 4.98 Å². The molecule has 168 valence electrons. The van der Waals surface area contributed by atoms with Gasteiger partial charge in [-0.3, -0.25) is 9.36 Å². The molecule has 0 aliphatic carbocycles. The van der Waals surface area contributed by atoms with Crippen molar-refractivity contribution in [2.45, 2.75) is 36.4 Å². The minimum Gasteiger partial charge on any atom is -0.454 e. The summed E-state index contributed by atoms with van der Waals surface area (Å²) in [5, 5.41) is 5.13. The SMILES string of the molecule is O=c1c2cc3c(cc2nc(SCc2nc(-c4ccccc4)no2)n1C[C@H]1CCCO1)OCO3. The summed E-state index contributed by atoms with van der Waals surface area (Å²) >= 11 is 1.38. The molecule has 0 saturated carbocycles. The number of aromatic nitrogens is 4. The maximum absolute atomic E-state index is 13.4. The van der Waals surface area contributed by atoms with Crippen LogP contribution < -0.4 is 15.0 Å². The van der Waals surface area contributed by atoms with Crippen molar-refractivity contribution >= 4 is 22.7 Å². The van der Waals surface area contributed by atoms with Crippen molar-refractivity contribution in [3.05, 3.63) is 58.7 Å². The maximum Gasteiger partial charge on any atom is 0.262 e. The number of nitrogens with zero attached hydrogens (tertiary/aromatic N) is 4. The van der Waals surface area contributed by atoms with Crippen LogP contribution in [0.4, 0.5) is 0 Å². The first kappa shape index (κ1) is 20.3. The van der Waals surface area contributed by atoms with Gasteiger partial charge in [0.15, 0.2) is 16.7 Å². The average Bonchev–Trinajstić information content (AvgIpc) is 3.61. The van der Waals surface area contributed by atoms with Gasteiger partial charge in [-0.05, 0) is 18.9 Å². The van der Waals surface area contributed by atoms with Gasteiger partial charge in [-0.15, -0.1) is 0 Å². The molecule has 0 unspecified atom stereocenters. The molecule has 0 amide bonds. The van der Waals surface area contributed by atoms with Gasteiger partial charge < -0.3 is 18.7 Å². The Morgan fingerprint density at radius 1 is 1.09 bits per heavy atom. The molecule has 4 aromatic rings. The second kappa shape index (κ2) is 8.53. The fraction of sp³-hybridized carbons (Fsp3) is 0.304. The van der Waals surface area contributed by atoms with E-state index in [-0.39, 0.29) is 18.5 Å². The number of rotatable bonds is 6. The zero-order valence-corrected chi connectivity index (χ0v) is 18.4. The molecule has 6 rings (SSSR count). The summed E-state index contributed by atoms with van der Waals surface area (Å²) in [5.74, 6) is 2.52. The first-order valence-electron chi connectivity index (χ1n) is 10.7. The van der Waals surface area contributed by atoms with E-state index in [0.717, 1.165) is 18.4 Å². The second-order valence-electron chi connectivity index (χ2n) is 7.83. The molecule has 0 spiro atoms. The van der Waals surface area contributed by atoms with Crippen LogP contribution in [-0.4, -0.2) is 39.2 Å². The molecule has 2 aliphatic heterocycles. The van der Waals surface area contributed by atoms with Gasteiger partial charge in [0, 0.05) is 18.2 Å². The lowest BCUT2D eigenvalue weighted by Crippen LogP contribution is -2.28. The summed E-state index contributed by atoms with van der Waals surface area (Å²) in [6, 6.07) is 13.1. The molecule has 0 N–H and O–H groups in total. The summed E-state index contributed by atoms with van der Waals surface area (Å²) in [6.45, 7) is 1.29. The lowest BCUT2D eigenvalue weighted by Gasteiger charge is -2.16. The summed E-state index contributed by atoms with van der Waals surface area (Å²) in [5.41, 5.74) is 1.31. The van der Waals surface area contributed by atoms with E-state index in [4.69, 9.17) is 23.7 Å². The summed E-state index contributed by atoms with van der Waals surface area (Å²) in [6.07, 6.45) is 1.90. The summed E-state index contributed by atoms with van der Waals surface area (Å²) in [7, 11) is 0. The van der Waals surface area contributed by atoms with Gasteiger partial charge >= 0.3 is 0 Å². The third-order valence-electron chi connectivity index (χ3n) is 5.65. The summed E-state index contributed by atoms with van der Waals surface area (Å²) in [4.78, 5) is 22.7. The molecule has 2 aliphatic rings. The molecule has 2 aromatic carbocycles. The van der Waals surface area contributed by atoms with Crippen molar-refractivity contribution in [3.8, 4) is 22.9 Å². The highest BCUT2D eigenvalue weighted by Gasteiger charge is 2.23. The lowest BCUT2D eigenvalue weighted by molar-refractivity contribution is 0.0937. The van der Waals surface area contributed by atoms with Crippen LogP contribution in [0.5, 0.6) is 11.5 Å². The predicted molar refractivity (Wildman–Crippen MR) is 120 cm³/mol. The lowest BCUT2D eigenvalue weighted by atomic mass is 10.2. The van der Waals surface area contributed by atoms with E-state index < -0.39 is 0 Å². The molecule has 0 bridgehead atoms. The Kier molecular flexibility index (Phi) is 5.23. The van der Waals surface area contributed by atoms with E-state index in [1.807, 2.05) is 30.3 Å². The highest BCUT2D eigenvalue weighted by molar-refractivity contribution is 7.98. The normalized spacial score (nSPS) is 17.2. The Morgan fingerprint density at radius 3 is 2.76 bits per heavy atom. The monoisotopic (exact) mass is 464 g/mol. The minimum absolute atomic E-state index is 0.0107. The third-order valence-corrected chi connectivity index (χ3v) is 6.61. The third kappa shape index (κ3) is 3.96. The van der Waals surface area contributed by atoms with E-state index in [2.05, 4.69) is 10.1 Å². The minimum atomic E-state index is -0.133. The van der Waals surface area contributed by atoms with Crippen LogP contribution >= 0.6 is 11.8 Å². The number of hydrogen-bond donors (Lipinski definition) is 0. The Balaban J connectivity index is 1.33. The van der Waals surface area contributed by atoms with Crippen molar-refractivity contribution in [2.75, 3.05) is 13.4 Å². The van der Waals surface area contributed by atoms with E-state index >= 15 is 0 Å². The van der Waals surface area contributed by atoms with E-state index in [1.165, 1.54) is 11.8 Å². The van der Waals surface area contributed by atoms with Crippen molar-refractivity contribution < 1.29 is 18.7 Å². The standard InChI is InChI=1S/C23H20N4O5S/c28-22-16-9-18-19(31-13-30-18)10-17(16)24-23(27(22)11-15-7-4-8-29-15)33-12-20-25-21(26-32-20)14-5-2-1-3-6-14/h1-3,5-6,9-10,15H,4,7-8,11-13H2/t15-/m1/s1. The summed E-state index contributed by atoms with van der Waals surface area (Å²) < 4.78 is 23.8. The zero-order chi connectivity index (χ0) is 22.2. The molecular formula is C23H20N4O5S. The molecule has 33 heavy (non-hydrogen) atoms. The molecule has 0 radical (unpaired) electrons. The molecule has 1 atom stereocenters. The number of benzene rings is 2. The van der Waals surface area contributed by atoms with Crippen LogP contribution in [0.15, 0.2) is 56.9 Å². The van der Waals surface area contributed by atoms with Gasteiger partial charge in [0.2, 0.25) is 18.5 Å². The van der Waals surface area contributed by atoms with Crippen LogP contribution in [0.3, 0.4) is 0 Å². The smallest absolute Gasteiger partial charge is 0.262 e. The second-order valence-corrected chi connectivity index (χ2v) is 8.78. The molecule has 4 heterocycles. The van der Waals surface area contributed by atoms with Gasteiger partial charge in [-0.1, -0.05) is 47.3 Å². The molecule has 2 aromatic heterocycles. The highest BCUT2D eigenvalue weighted by atomic mass is 32.2. The number of ether oxygens (including phenoxy) is 3. The van der Waals surface area contributed by atoms with E-state index in [0.29, 0.717) is 58.2 Å². The fourth-order valence-electron chi connectivity index (χ4n) is 4.00. The number of thioether (sulfide) groups is 1. The molecule has 10 heteroatoms. The quantitative estimate of drug-likeness (QED) is 0.313. The average molecular weight is 465 g/mol. The van der Waals surface area contributed by atoms with E-state index in [9.17, 15) is 4.79 Å². The first-order valence-corrected chi connectivity index (χ1v) is 11.7. The number of fused-ring (bicyclic) bond motifs is 2. The fourth-order valence-corrected chi connectivity index (χ4v) is 4.84. The van der Waals surface area contributed by atoms with Crippen molar-refractivity contribution in [1.82, 2.24) is 19.7 Å². The molecule has 1 saturated heterocycles. The Labute approximate surface area is 192 Å². The predicted octanol–water partition coefficient (Wildman–Crippen LogP) is 3.65.